The van der Waals surface area contributed by atoms with Crippen molar-refractivity contribution in [3.05, 3.63) is 96.1 Å². The van der Waals surface area contributed by atoms with Crippen LogP contribution in [0.1, 0.15) is 24.0 Å². The van der Waals surface area contributed by atoms with Gasteiger partial charge in [0.15, 0.2) is 0 Å². The van der Waals surface area contributed by atoms with Gasteiger partial charge in [0.2, 0.25) is 15.9 Å². The lowest BCUT2D eigenvalue weighted by molar-refractivity contribution is -0.126. The third-order valence-corrected chi connectivity index (χ3v) is 7.89. The number of rotatable bonds is 7. The molecule has 4 rings (SSSR count). The number of hydrazine groups is 1. The largest absolute Gasteiger partial charge is 0.281 e. The highest BCUT2D eigenvalue weighted by molar-refractivity contribution is 7.89. The van der Waals surface area contributed by atoms with Gasteiger partial charge in [0, 0.05) is 19.0 Å². The molecule has 6 nitrogen and oxygen atoms in total. The third-order valence-electron chi connectivity index (χ3n) is 5.98. The van der Waals surface area contributed by atoms with Gasteiger partial charge in [-0.2, -0.15) is 4.31 Å². The summed E-state index contributed by atoms with van der Waals surface area (Å²) in [4.78, 5) is 13.4. The summed E-state index contributed by atoms with van der Waals surface area (Å²) in [6, 6.07) is 26.6. The van der Waals surface area contributed by atoms with Gasteiger partial charge >= 0.3 is 0 Å². The lowest BCUT2D eigenvalue weighted by Crippen LogP contribution is -2.48. The molecule has 3 aromatic carbocycles. The summed E-state index contributed by atoms with van der Waals surface area (Å²) in [7, 11) is -3.54. The quantitative estimate of drug-likeness (QED) is 0.535. The molecule has 1 heterocycles. The van der Waals surface area contributed by atoms with E-state index in [-0.39, 0.29) is 11.8 Å². The van der Waals surface area contributed by atoms with Crippen LogP contribution in [-0.4, -0.2) is 31.7 Å². The molecule has 33 heavy (non-hydrogen) atoms. The maximum absolute atomic E-state index is 13.1. The Hall–Kier alpha value is -3.16. The minimum atomic E-state index is -3.54. The Bertz CT molecular complexity index is 1160. The molecule has 7 heteroatoms. The van der Waals surface area contributed by atoms with Crippen LogP contribution < -0.4 is 10.4 Å². The molecule has 0 aromatic heterocycles. The van der Waals surface area contributed by atoms with Crippen molar-refractivity contribution in [3.8, 4) is 0 Å². The topological polar surface area (TPSA) is 69.7 Å². The first-order chi connectivity index (χ1) is 15.9. The lowest BCUT2D eigenvalue weighted by Gasteiger charge is -2.33. The molecule has 172 valence electrons. The van der Waals surface area contributed by atoms with E-state index in [4.69, 9.17) is 0 Å². The number of nitrogens with zero attached hydrogens (tertiary/aromatic N) is 2. The van der Waals surface area contributed by atoms with Crippen molar-refractivity contribution in [2.45, 2.75) is 31.2 Å². The fraction of sp³-hybridized carbons (Fsp3) is 0.269. The van der Waals surface area contributed by atoms with Gasteiger partial charge in [-0.05, 0) is 49.6 Å². The molecule has 0 saturated carbocycles. The summed E-state index contributed by atoms with van der Waals surface area (Å²) >= 11 is 0. The number of piperidine rings is 1. The highest BCUT2D eigenvalue weighted by Crippen LogP contribution is 2.25. The predicted octanol–water partition coefficient (Wildman–Crippen LogP) is 4.13. The Kier molecular flexibility index (Phi) is 7.11. The van der Waals surface area contributed by atoms with Crippen LogP contribution in [-0.2, 0) is 21.4 Å². The van der Waals surface area contributed by atoms with E-state index >= 15 is 0 Å². The molecule has 3 aromatic rings. The van der Waals surface area contributed by atoms with Gasteiger partial charge in [-0.15, -0.1) is 0 Å². The lowest BCUT2D eigenvalue weighted by atomic mass is 9.97. The van der Waals surface area contributed by atoms with Gasteiger partial charge in [-0.1, -0.05) is 66.2 Å². The number of anilines is 1. The molecule has 1 N–H and O–H groups in total. The molecule has 1 aliphatic heterocycles. The molecule has 1 amide bonds. The molecule has 0 bridgehead atoms. The zero-order valence-corrected chi connectivity index (χ0v) is 19.5. The molecular weight excluding hydrogens is 434 g/mol. The van der Waals surface area contributed by atoms with Crippen molar-refractivity contribution in [2.24, 2.45) is 5.92 Å². The van der Waals surface area contributed by atoms with Gasteiger partial charge in [0.25, 0.3) is 0 Å². The second-order valence-electron chi connectivity index (χ2n) is 8.37. The van der Waals surface area contributed by atoms with Crippen LogP contribution in [0.2, 0.25) is 0 Å². The van der Waals surface area contributed by atoms with Crippen molar-refractivity contribution in [1.29, 1.82) is 0 Å². The second kappa shape index (κ2) is 10.2. The molecule has 0 aliphatic carbocycles. The SMILES string of the molecule is Cc1ccc(S(=O)(=O)N2CCC(C(=O)NN(Cc3ccccc3)c3ccccc3)CC2)cc1. The van der Waals surface area contributed by atoms with E-state index in [0.717, 1.165) is 16.8 Å². The summed E-state index contributed by atoms with van der Waals surface area (Å²) in [6.07, 6.45) is 0.982. The highest BCUT2D eigenvalue weighted by atomic mass is 32.2. The zero-order chi connectivity index (χ0) is 23.3. The summed E-state index contributed by atoms with van der Waals surface area (Å²) in [5, 5.41) is 1.85. The van der Waals surface area contributed by atoms with Crippen molar-refractivity contribution in [3.63, 3.8) is 0 Å². The monoisotopic (exact) mass is 463 g/mol. The first kappa shape index (κ1) is 23.0. The van der Waals surface area contributed by atoms with Crippen LogP contribution >= 0.6 is 0 Å². The Morgan fingerprint density at radius 1 is 0.909 bits per heavy atom. The molecule has 0 unspecified atom stereocenters. The predicted molar refractivity (Wildman–Crippen MR) is 130 cm³/mol. The number of amides is 1. The number of benzene rings is 3. The number of carbonyl (C=O) groups is 1. The van der Waals surface area contributed by atoms with Crippen molar-refractivity contribution in [1.82, 2.24) is 9.73 Å². The Morgan fingerprint density at radius 3 is 2.09 bits per heavy atom. The Balaban J connectivity index is 1.41. The van der Waals surface area contributed by atoms with E-state index in [0.29, 0.717) is 37.4 Å². The van der Waals surface area contributed by atoms with E-state index < -0.39 is 10.0 Å². The van der Waals surface area contributed by atoms with E-state index in [1.54, 1.807) is 24.3 Å². The molecule has 1 aliphatic rings. The molecule has 1 fully saturated rings. The van der Waals surface area contributed by atoms with Gasteiger partial charge in [-0.25, -0.2) is 8.42 Å². The van der Waals surface area contributed by atoms with Gasteiger partial charge < -0.3 is 0 Å². The smallest absolute Gasteiger partial charge is 0.243 e. The number of nitrogens with one attached hydrogen (secondary N) is 1. The van der Waals surface area contributed by atoms with E-state index in [2.05, 4.69) is 5.43 Å². The number of hydrogen-bond donors (Lipinski definition) is 1. The molecule has 0 radical (unpaired) electrons. The summed E-state index contributed by atoms with van der Waals surface area (Å²) < 4.78 is 27.4. The molecule has 1 saturated heterocycles. The maximum atomic E-state index is 13.1. The summed E-state index contributed by atoms with van der Waals surface area (Å²) in [6.45, 7) is 3.13. The summed E-state index contributed by atoms with van der Waals surface area (Å²) in [5.41, 5.74) is 6.07. The minimum absolute atomic E-state index is 0.0813. The van der Waals surface area contributed by atoms with Crippen molar-refractivity contribution in [2.75, 3.05) is 18.1 Å². The van der Waals surface area contributed by atoms with Crippen LogP contribution in [0.4, 0.5) is 5.69 Å². The van der Waals surface area contributed by atoms with E-state index in [1.165, 1.54) is 4.31 Å². The van der Waals surface area contributed by atoms with Gasteiger partial charge in [0.1, 0.15) is 0 Å². The highest BCUT2D eigenvalue weighted by Gasteiger charge is 2.32. The fourth-order valence-electron chi connectivity index (χ4n) is 4.01. The average molecular weight is 464 g/mol. The number of sulfonamides is 1. The first-order valence-corrected chi connectivity index (χ1v) is 12.6. The van der Waals surface area contributed by atoms with E-state index in [9.17, 15) is 13.2 Å². The zero-order valence-electron chi connectivity index (χ0n) is 18.7. The first-order valence-electron chi connectivity index (χ1n) is 11.2. The number of carbonyl (C=O) groups excluding carboxylic acids is 1. The Morgan fingerprint density at radius 2 is 1.48 bits per heavy atom. The van der Waals surface area contributed by atoms with Crippen LogP contribution in [0.5, 0.6) is 0 Å². The van der Waals surface area contributed by atoms with Crippen molar-refractivity contribution < 1.29 is 13.2 Å². The van der Waals surface area contributed by atoms with Crippen LogP contribution in [0.25, 0.3) is 0 Å². The third kappa shape index (κ3) is 5.61. The second-order valence-corrected chi connectivity index (χ2v) is 10.3. The van der Waals surface area contributed by atoms with Crippen molar-refractivity contribution >= 4 is 21.6 Å². The minimum Gasteiger partial charge on any atom is -0.281 e. The average Bonchev–Trinajstić information content (AvgIpc) is 2.85. The normalized spacial score (nSPS) is 15.2. The molecule has 0 spiro atoms. The fourth-order valence-corrected chi connectivity index (χ4v) is 5.48. The van der Waals surface area contributed by atoms with Crippen LogP contribution in [0.15, 0.2) is 89.8 Å². The standard InChI is InChI=1S/C26H29N3O3S/c1-21-12-14-25(15-13-21)33(31,32)28-18-16-23(17-19-28)26(30)27-29(24-10-6-3-7-11-24)20-22-8-4-2-5-9-22/h2-15,23H,16-20H2,1H3,(H,27,30). The number of para-hydroxylation sites is 1. The maximum Gasteiger partial charge on any atom is 0.243 e. The molecule has 0 atom stereocenters. The Labute approximate surface area is 195 Å². The number of aryl methyl sites for hydroxylation is 1. The number of hydrogen-bond acceptors (Lipinski definition) is 4. The van der Waals surface area contributed by atoms with Crippen LogP contribution in [0, 0.1) is 12.8 Å². The van der Waals surface area contributed by atoms with E-state index in [1.807, 2.05) is 72.6 Å². The van der Waals surface area contributed by atoms with Crippen LogP contribution in [0.3, 0.4) is 0 Å². The molecular formula is C26H29N3O3S. The summed E-state index contributed by atoms with van der Waals surface area (Å²) in [5.74, 6) is -0.321. The van der Waals surface area contributed by atoms with Gasteiger partial charge in [0.05, 0.1) is 17.1 Å². The van der Waals surface area contributed by atoms with Gasteiger partial charge in [-0.3, -0.25) is 15.2 Å².